The molecule has 0 saturated carbocycles. The third-order valence-corrected chi connectivity index (χ3v) is 4.55. The highest BCUT2D eigenvalue weighted by Crippen LogP contribution is 2.37. The van der Waals surface area contributed by atoms with E-state index in [0.29, 0.717) is 17.3 Å². The van der Waals surface area contributed by atoms with Gasteiger partial charge in [0.1, 0.15) is 0 Å². The molecule has 0 spiro atoms. The van der Waals surface area contributed by atoms with Crippen molar-refractivity contribution in [2.75, 3.05) is 21.0 Å². The van der Waals surface area contributed by atoms with Crippen molar-refractivity contribution in [3.8, 4) is 23.0 Å². The molecule has 2 aromatic heterocycles. The van der Waals surface area contributed by atoms with Crippen molar-refractivity contribution in [1.29, 1.82) is 0 Å². The molecule has 0 unspecified atom stereocenters. The highest BCUT2D eigenvalue weighted by atomic mass is 32.2. The minimum atomic E-state index is 0.255. The summed E-state index contributed by atoms with van der Waals surface area (Å²) in [5.74, 6) is 3.37. The first-order valence-corrected chi connectivity index (χ1v) is 8.25. The Balaban J connectivity index is 1.57. The van der Waals surface area contributed by atoms with Gasteiger partial charge >= 0.3 is 0 Å². The highest BCUT2D eigenvalue weighted by Gasteiger charge is 2.17. The van der Waals surface area contributed by atoms with Gasteiger partial charge in [-0.05, 0) is 0 Å². The largest absolute Gasteiger partial charge is 0.493 e. The lowest BCUT2D eigenvalue weighted by Crippen LogP contribution is -1.97. The van der Waals surface area contributed by atoms with Crippen molar-refractivity contribution in [2.24, 2.45) is 0 Å². The van der Waals surface area contributed by atoms with E-state index in [9.17, 15) is 0 Å². The predicted molar refractivity (Wildman–Crippen MR) is 89.1 cm³/mol. The Morgan fingerprint density at radius 1 is 1.21 bits per heavy atom. The van der Waals surface area contributed by atoms with Gasteiger partial charge in [-0.2, -0.15) is 0 Å². The molecule has 0 amide bonds. The fourth-order valence-corrected chi connectivity index (χ4v) is 3.36. The summed E-state index contributed by atoms with van der Waals surface area (Å²) in [6, 6.07) is 5.55. The SMILES string of the molecule is COc1ccnc(CSc2nc3cc4c(cc3[nH]2)OCO4)c1OC. The number of aromatic nitrogens is 3. The topological polar surface area (TPSA) is 78.5 Å². The number of ether oxygens (including phenoxy) is 4. The zero-order valence-electron chi connectivity index (χ0n) is 13.2. The van der Waals surface area contributed by atoms with Gasteiger partial charge in [-0.15, -0.1) is 0 Å². The first-order chi connectivity index (χ1) is 11.8. The maximum absolute atomic E-state index is 5.40. The van der Waals surface area contributed by atoms with Crippen molar-refractivity contribution in [3.05, 3.63) is 30.1 Å². The van der Waals surface area contributed by atoms with Crippen LogP contribution in [0.25, 0.3) is 11.0 Å². The van der Waals surface area contributed by atoms with Gasteiger partial charge in [0.25, 0.3) is 0 Å². The molecule has 0 fully saturated rings. The maximum atomic E-state index is 5.40. The molecule has 4 rings (SSSR count). The second-order valence-corrected chi connectivity index (χ2v) is 6.01. The summed E-state index contributed by atoms with van der Waals surface area (Å²) in [7, 11) is 3.22. The van der Waals surface area contributed by atoms with Gasteiger partial charge < -0.3 is 23.9 Å². The van der Waals surface area contributed by atoms with E-state index in [4.69, 9.17) is 18.9 Å². The molecule has 1 N–H and O–H groups in total. The number of aromatic amines is 1. The second kappa shape index (κ2) is 6.12. The van der Waals surface area contributed by atoms with Crippen molar-refractivity contribution in [2.45, 2.75) is 10.9 Å². The number of rotatable bonds is 5. The molecule has 7 nitrogen and oxygen atoms in total. The van der Waals surface area contributed by atoms with E-state index in [1.807, 2.05) is 12.1 Å². The quantitative estimate of drug-likeness (QED) is 0.712. The number of nitrogens with one attached hydrogen (secondary N) is 1. The number of thioether (sulfide) groups is 1. The molecule has 0 bridgehead atoms. The van der Waals surface area contributed by atoms with E-state index in [1.54, 1.807) is 26.5 Å². The van der Waals surface area contributed by atoms with Crippen LogP contribution in [0, 0.1) is 0 Å². The number of hydrogen-bond acceptors (Lipinski definition) is 7. The number of methoxy groups -OCH3 is 2. The average Bonchev–Trinajstić information content (AvgIpc) is 3.22. The number of hydrogen-bond donors (Lipinski definition) is 1. The smallest absolute Gasteiger partial charge is 0.231 e. The molecule has 1 aliphatic heterocycles. The van der Waals surface area contributed by atoms with Crippen LogP contribution in [0.1, 0.15) is 5.69 Å². The maximum Gasteiger partial charge on any atom is 0.231 e. The van der Waals surface area contributed by atoms with Crippen molar-refractivity contribution >= 4 is 22.8 Å². The summed E-state index contributed by atoms with van der Waals surface area (Å²) in [6.45, 7) is 0.255. The minimum absolute atomic E-state index is 0.255. The Bertz CT molecular complexity index is 855. The van der Waals surface area contributed by atoms with Gasteiger partial charge in [0, 0.05) is 30.1 Å². The van der Waals surface area contributed by atoms with Crippen LogP contribution >= 0.6 is 11.8 Å². The highest BCUT2D eigenvalue weighted by molar-refractivity contribution is 7.98. The molecule has 3 heterocycles. The standard InChI is InChI=1S/C16H15N3O4S/c1-20-12-3-4-17-11(15(12)21-2)7-24-16-18-9-5-13-14(23-8-22-13)6-10(9)19-16/h3-6H,7-8H2,1-2H3,(H,18,19). The average molecular weight is 345 g/mol. The molecule has 0 radical (unpaired) electrons. The van der Waals surface area contributed by atoms with E-state index < -0.39 is 0 Å². The van der Waals surface area contributed by atoms with Gasteiger partial charge in [-0.25, -0.2) is 4.98 Å². The Kier molecular flexibility index (Phi) is 3.81. The molecule has 0 aliphatic carbocycles. The zero-order chi connectivity index (χ0) is 16.5. The summed E-state index contributed by atoms with van der Waals surface area (Å²) in [5.41, 5.74) is 2.55. The van der Waals surface area contributed by atoms with Crippen LogP contribution in [0.2, 0.25) is 0 Å². The zero-order valence-corrected chi connectivity index (χ0v) is 14.0. The minimum Gasteiger partial charge on any atom is -0.493 e. The monoisotopic (exact) mass is 345 g/mol. The third-order valence-electron chi connectivity index (χ3n) is 3.67. The Morgan fingerprint density at radius 3 is 2.83 bits per heavy atom. The Labute approximate surface area is 142 Å². The number of pyridine rings is 1. The summed E-state index contributed by atoms with van der Waals surface area (Å²) in [5, 5.41) is 0.792. The second-order valence-electron chi connectivity index (χ2n) is 5.05. The van der Waals surface area contributed by atoms with Crippen LogP contribution in [0.4, 0.5) is 0 Å². The van der Waals surface area contributed by atoms with E-state index in [2.05, 4.69) is 15.0 Å². The number of nitrogens with zero attached hydrogens (tertiary/aromatic N) is 2. The fraction of sp³-hybridized carbons (Fsp3) is 0.250. The van der Waals surface area contributed by atoms with Gasteiger partial charge in [0.2, 0.25) is 6.79 Å². The number of fused-ring (bicyclic) bond motifs is 2. The first kappa shape index (κ1) is 14.9. The molecule has 8 heteroatoms. The lowest BCUT2D eigenvalue weighted by molar-refractivity contribution is 0.174. The van der Waals surface area contributed by atoms with E-state index in [1.165, 1.54) is 11.8 Å². The molecular formula is C16H15N3O4S. The number of benzene rings is 1. The lowest BCUT2D eigenvalue weighted by atomic mass is 10.3. The van der Waals surface area contributed by atoms with Crippen LogP contribution in [-0.4, -0.2) is 36.0 Å². The fourth-order valence-electron chi connectivity index (χ4n) is 2.53. The van der Waals surface area contributed by atoms with Gasteiger partial charge in [-0.3, -0.25) is 4.98 Å². The molecule has 124 valence electrons. The lowest BCUT2D eigenvalue weighted by Gasteiger charge is -2.10. The summed E-state index contributed by atoms with van der Waals surface area (Å²) in [6.07, 6.45) is 1.70. The van der Waals surface area contributed by atoms with Crippen LogP contribution in [0.5, 0.6) is 23.0 Å². The van der Waals surface area contributed by atoms with Crippen LogP contribution in [0.15, 0.2) is 29.6 Å². The molecule has 0 saturated heterocycles. The van der Waals surface area contributed by atoms with Crippen LogP contribution in [-0.2, 0) is 5.75 Å². The molecule has 1 aromatic carbocycles. The first-order valence-electron chi connectivity index (χ1n) is 7.26. The predicted octanol–water partition coefficient (Wildman–Crippen LogP) is 3.00. The van der Waals surface area contributed by atoms with Gasteiger partial charge in [-0.1, -0.05) is 11.8 Å². The van der Waals surface area contributed by atoms with E-state index in [-0.39, 0.29) is 6.79 Å². The van der Waals surface area contributed by atoms with Crippen molar-refractivity contribution < 1.29 is 18.9 Å². The molecular weight excluding hydrogens is 330 g/mol. The Hall–Kier alpha value is -2.61. The van der Waals surface area contributed by atoms with Gasteiger partial charge in [0.05, 0.1) is 30.9 Å². The van der Waals surface area contributed by atoms with E-state index in [0.717, 1.165) is 33.4 Å². The van der Waals surface area contributed by atoms with Gasteiger partial charge in [0.15, 0.2) is 28.2 Å². The summed E-state index contributed by atoms with van der Waals surface area (Å²) < 4.78 is 21.5. The molecule has 3 aromatic rings. The van der Waals surface area contributed by atoms with Crippen LogP contribution < -0.4 is 18.9 Å². The summed E-state index contributed by atoms with van der Waals surface area (Å²) in [4.78, 5) is 12.2. The number of H-pyrrole nitrogens is 1. The third kappa shape index (κ3) is 2.58. The van der Waals surface area contributed by atoms with Crippen LogP contribution in [0.3, 0.4) is 0 Å². The Morgan fingerprint density at radius 2 is 2.04 bits per heavy atom. The number of imidazole rings is 1. The van der Waals surface area contributed by atoms with Crippen molar-refractivity contribution in [3.63, 3.8) is 0 Å². The normalized spacial score (nSPS) is 12.6. The van der Waals surface area contributed by atoms with Crippen molar-refractivity contribution in [1.82, 2.24) is 15.0 Å². The molecule has 0 atom stereocenters. The molecule has 1 aliphatic rings. The molecule has 24 heavy (non-hydrogen) atoms. The van der Waals surface area contributed by atoms with E-state index >= 15 is 0 Å². The summed E-state index contributed by atoms with van der Waals surface area (Å²) >= 11 is 1.54.